The number of halogens is 1. The van der Waals surface area contributed by atoms with Crippen LogP contribution in [0.25, 0.3) is 0 Å². The number of piperidine rings is 1. The Morgan fingerprint density at radius 2 is 1.52 bits per heavy atom. The van der Waals surface area contributed by atoms with E-state index in [1.807, 2.05) is 45.0 Å². The third kappa shape index (κ3) is 5.40. The monoisotopic (exact) mass is 400 g/mol. The molecular weight excluding hydrogens is 371 g/mol. The van der Waals surface area contributed by atoms with Gasteiger partial charge < -0.3 is 19.3 Å². The molecule has 0 atom stereocenters. The van der Waals surface area contributed by atoms with Crippen molar-refractivity contribution in [2.24, 2.45) is 0 Å². The van der Waals surface area contributed by atoms with E-state index in [1.165, 1.54) is 12.1 Å². The van der Waals surface area contributed by atoms with Gasteiger partial charge in [0.15, 0.2) is 0 Å². The first-order chi connectivity index (χ1) is 13.8. The van der Waals surface area contributed by atoms with Crippen LogP contribution in [0.1, 0.15) is 33.6 Å². The van der Waals surface area contributed by atoms with E-state index >= 15 is 0 Å². The van der Waals surface area contributed by atoms with Crippen LogP contribution < -0.4 is 9.64 Å². The Kier molecular flexibility index (Phi) is 6.30. The fraction of sp³-hybridized carbons (Fsp3) is 0.435. The highest BCUT2D eigenvalue weighted by atomic mass is 19.1. The van der Waals surface area contributed by atoms with Gasteiger partial charge >= 0.3 is 6.09 Å². The van der Waals surface area contributed by atoms with Gasteiger partial charge in [0.25, 0.3) is 0 Å². The second-order valence-electron chi connectivity index (χ2n) is 8.24. The van der Waals surface area contributed by atoms with Crippen LogP contribution in [0.2, 0.25) is 0 Å². The number of anilines is 2. The number of hydrogen-bond acceptors (Lipinski definition) is 4. The SMILES string of the molecule is COc1ccc(N(c2ccc(F)cc2)C2CCN(C(=O)OC(C)(C)C)CC2)cc1. The van der Waals surface area contributed by atoms with Crippen LogP contribution in [0.4, 0.5) is 20.6 Å². The maximum absolute atomic E-state index is 13.5. The Balaban J connectivity index is 1.78. The molecule has 156 valence electrons. The fourth-order valence-corrected chi connectivity index (χ4v) is 3.55. The number of amides is 1. The molecule has 0 unspecified atom stereocenters. The summed E-state index contributed by atoms with van der Waals surface area (Å²) in [6.45, 7) is 6.85. The smallest absolute Gasteiger partial charge is 0.410 e. The first-order valence-corrected chi connectivity index (χ1v) is 9.93. The van der Waals surface area contributed by atoms with Gasteiger partial charge in [0.1, 0.15) is 17.2 Å². The van der Waals surface area contributed by atoms with Gasteiger partial charge in [-0.25, -0.2) is 9.18 Å². The number of hydrogen-bond donors (Lipinski definition) is 0. The highest BCUT2D eigenvalue weighted by Gasteiger charge is 2.30. The number of carbonyl (C=O) groups is 1. The summed E-state index contributed by atoms with van der Waals surface area (Å²) in [5.41, 5.74) is 1.43. The topological polar surface area (TPSA) is 42.0 Å². The lowest BCUT2D eigenvalue weighted by Crippen LogP contribution is -2.47. The van der Waals surface area contributed by atoms with Crippen molar-refractivity contribution in [3.63, 3.8) is 0 Å². The molecule has 5 nitrogen and oxygen atoms in total. The summed E-state index contributed by atoms with van der Waals surface area (Å²) < 4.78 is 24.2. The molecule has 6 heteroatoms. The molecule has 2 aromatic rings. The molecule has 0 bridgehead atoms. The summed E-state index contributed by atoms with van der Waals surface area (Å²) in [6, 6.07) is 14.6. The summed E-state index contributed by atoms with van der Waals surface area (Å²) in [5.74, 6) is 0.524. The third-order valence-electron chi connectivity index (χ3n) is 4.94. The molecule has 0 radical (unpaired) electrons. The lowest BCUT2D eigenvalue weighted by molar-refractivity contribution is 0.0206. The number of methoxy groups -OCH3 is 1. The normalized spacial score (nSPS) is 15.1. The quantitative estimate of drug-likeness (QED) is 0.692. The number of nitrogens with zero attached hydrogens (tertiary/aromatic N) is 2. The zero-order chi connectivity index (χ0) is 21.0. The lowest BCUT2D eigenvalue weighted by atomic mass is 10.0. The van der Waals surface area contributed by atoms with E-state index in [9.17, 15) is 9.18 Å². The summed E-state index contributed by atoms with van der Waals surface area (Å²) >= 11 is 0. The van der Waals surface area contributed by atoms with E-state index in [0.717, 1.165) is 30.0 Å². The van der Waals surface area contributed by atoms with Crippen molar-refractivity contribution in [3.8, 4) is 5.75 Å². The van der Waals surface area contributed by atoms with E-state index in [1.54, 1.807) is 24.1 Å². The first kappa shape index (κ1) is 21.0. The van der Waals surface area contributed by atoms with Crippen molar-refractivity contribution in [3.05, 3.63) is 54.3 Å². The molecular formula is C23H29FN2O3. The van der Waals surface area contributed by atoms with Gasteiger partial charge in [0, 0.05) is 30.5 Å². The fourth-order valence-electron chi connectivity index (χ4n) is 3.55. The van der Waals surface area contributed by atoms with E-state index in [0.29, 0.717) is 13.1 Å². The van der Waals surface area contributed by atoms with E-state index < -0.39 is 5.60 Å². The molecule has 1 aliphatic rings. The minimum Gasteiger partial charge on any atom is -0.497 e. The van der Waals surface area contributed by atoms with Gasteiger partial charge in [-0.2, -0.15) is 0 Å². The molecule has 1 saturated heterocycles. The predicted octanol–water partition coefficient (Wildman–Crippen LogP) is 5.37. The molecule has 2 aromatic carbocycles. The number of rotatable bonds is 4. The average Bonchev–Trinajstić information content (AvgIpc) is 2.69. The highest BCUT2D eigenvalue weighted by molar-refractivity contribution is 5.69. The molecule has 1 aliphatic heterocycles. The van der Waals surface area contributed by atoms with Crippen molar-refractivity contribution in [1.29, 1.82) is 0 Å². The number of likely N-dealkylation sites (tertiary alicyclic amines) is 1. The van der Waals surface area contributed by atoms with Gasteiger partial charge in [0.2, 0.25) is 0 Å². The molecule has 0 saturated carbocycles. The van der Waals surface area contributed by atoms with Gasteiger partial charge in [0.05, 0.1) is 7.11 Å². The minimum absolute atomic E-state index is 0.188. The molecule has 1 amide bonds. The molecule has 3 rings (SSSR count). The van der Waals surface area contributed by atoms with Crippen molar-refractivity contribution < 1.29 is 18.7 Å². The zero-order valence-electron chi connectivity index (χ0n) is 17.5. The average molecular weight is 400 g/mol. The molecule has 29 heavy (non-hydrogen) atoms. The van der Waals surface area contributed by atoms with Gasteiger partial charge in [-0.1, -0.05) is 0 Å². The Morgan fingerprint density at radius 1 is 1.00 bits per heavy atom. The molecule has 0 spiro atoms. The van der Waals surface area contributed by atoms with Crippen LogP contribution >= 0.6 is 0 Å². The molecule has 0 N–H and O–H groups in total. The van der Waals surface area contributed by atoms with Gasteiger partial charge in [-0.3, -0.25) is 0 Å². The zero-order valence-corrected chi connectivity index (χ0v) is 17.5. The summed E-state index contributed by atoms with van der Waals surface area (Å²) in [7, 11) is 1.64. The van der Waals surface area contributed by atoms with E-state index in [4.69, 9.17) is 9.47 Å². The number of ether oxygens (including phenoxy) is 2. The van der Waals surface area contributed by atoms with Gasteiger partial charge in [-0.15, -0.1) is 0 Å². The standard InChI is InChI=1S/C23H29FN2O3/c1-23(2,3)29-22(27)25-15-13-20(14-16-25)26(18-7-5-17(24)6-8-18)19-9-11-21(28-4)12-10-19/h5-12,20H,13-16H2,1-4H3. The first-order valence-electron chi connectivity index (χ1n) is 9.93. The lowest BCUT2D eigenvalue weighted by Gasteiger charge is -2.40. The Bertz CT molecular complexity index is 808. The third-order valence-corrected chi connectivity index (χ3v) is 4.94. The summed E-state index contributed by atoms with van der Waals surface area (Å²) in [4.78, 5) is 16.3. The Labute approximate surface area is 172 Å². The van der Waals surface area contributed by atoms with E-state index in [2.05, 4.69) is 4.90 Å². The predicted molar refractivity (Wildman–Crippen MR) is 112 cm³/mol. The van der Waals surface area contributed by atoms with Crippen molar-refractivity contribution in [1.82, 2.24) is 4.90 Å². The van der Waals surface area contributed by atoms with Crippen LogP contribution in [0.15, 0.2) is 48.5 Å². The second kappa shape index (κ2) is 8.72. The maximum Gasteiger partial charge on any atom is 0.410 e. The number of benzene rings is 2. The maximum atomic E-state index is 13.5. The van der Waals surface area contributed by atoms with Crippen molar-refractivity contribution >= 4 is 17.5 Å². The van der Waals surface area contributed by atoms with E-state index in [-0.39, 0.29) is 18.0 Å². The highest BCUT2D eigenvalue weighted by Crippen LogP contribution is 2.33. The van der Waals surface area contributed by atoms with Crippen LogP contribution in [0, 0.1) is 5.82 Å². The Morgan fingerprint density at radius 3 is 2.00 bits per heavy atom. The number of carbonyl (C=O) groups excluding carboxylic acids is 1. The Hall–Kier alpha value is -2.76. The van der Waals surface area contributed by atoms with Crippen LogP contribution in [-0.4, -0.2) is 42.8 Å². The molecule has 0 aliphatic carbocycles. The van der Waals surface area contributed by atoms with Crippen LogP contribution in [0.3, 0.4) is 0 Å². The van der Waals surface area contributed by atoms with Crippen molar-refractivity contribution in [2.45, 2.75) is 45.3 Å². The molecule has 0 aromatic heterocycles. The molecule has 1 heterocycles. The van der Waals surface area contributed by atoms with Crippen LogP contribution in [-0.2, 0) is 4.74 Å². The molecule has 1 fully saturated rings. The van der Waals surface area contributed by atoms with Gasteiger partial charge in [-0.05, 0) is 82.1 Å². The minimum atomic E-state index is -0.503. The van der Waals surface area contributed by atoms with Crippen LogP contribution in [0.5, 0.6) is 5.75 Å². The summed E-state index contributed by atoms with van der Waals surface area (Å²) in [6.07, 6.45) is 1.32. The summed E-state index contributed by atoms with van der Waals surface area (Å²) in [5, 5.41) is 0. The largest absolute Gasteiger partial charge is 0.497 e. The van der Waals surface area contributed by atoms with Crippen molar-refractivity contribution in [2.75, 3.05) is 25.1 Å². The second-order valence-corrected chi connectivity index (χ2v) is 8.24.